The molecule has 0 radical (unpaired) electrons. The van der Waals surface area contributed by atoms with Crippen molar-refractivity contribution in [2.45, 2.75) is 26.4 Å². The van der Waals surface area contributed by atoms with Crippen molar-refractivity contribution in [2.24, 2.45) is 0 Å². The Kier molecular flexibility index (Phi) is 6.37. The van der Waals surface area contributed by atoms with Crippen molar-refractivity contribution in [3.8, 4) is 11.8 Å². The predicted octanol–water partition coefficient (Wildman–Crippen LogP) is 2.09. The molecule has 2 N–H and O–H groups in total. The zero-order chi connectivity index (χ0) is 20.6. The Bertz CT molecular complexity index is 1010. The summed E-state index contributed by atoms with van der Waals surface area (Å²) >= 11 is 0. The van der Waals surface area contributed by atoms with Crippen LogP contribution in [-0.2, 0) is 24.3 Å². The number of pyridine rings is 1. The Hall–Kier alpha value is -3.93. The van der Waals surface area contributed by atoms with Gasteiger partial charge < -0.3 is 19.8 Å². The normalized spacial score (nSPS) is 10.3. The smallest absolute Gasteiger partial charge is 0.312 e. The summed E-state index contributed by atoms with van der Waals surface area (Å²) in [5.74, 6) is 0.619. The second-order valence-corrected chi connectivity index (χ2v) is 6.20. The van der Waals surface area contributed by atoms with Gasteiger partial charge in [-0.15, -0.1) is 5.10 Å². The van der Waals surface area contributed by atoms with Crippen molar-refractivity contribution in [1.29, 1.82) is 5.26 Å². The van der Waals surface area contributed by atoms with Gasteiger partial charge in [-0.05, 0) is 29.7 Å². The molecule has 0 unspecified atom stereocenters. The number of carbonyl (C=O) groups excluding carboxylic acids is 1. The lowest BCUT2D eigenvalue weighted by Gasteiger charge is -2.21. The van der Waals surface area contributed by atoms with E-state index in [0.29, 0.717) is 11.4 Å². The van der Waals surface area contributed by atoms with Crippen LogP contribution in [-0.4, -0.2) is 32.6 Å². The molecule has 0 fully saturated rings. The molecule has 2 aromatic heterocycles. The Balaban J connectivity index is 1.73. The SMILES string of the molecule is CCc1ccccc1OCC(=O)N(Cc1ccc(C#N)nc1)Cc1nnc(N)o1. The number of nitriles is 1. The van der Waals surface area contributed by atoms with Crippen LogP contribution in [0.15, 0.2) is 47.0 Å². The van der Waals surface area contributed by atoms with Gasteiger partial charge in [-0.3, -0.25) is 4.79 Å². The van der Waals surface area contributed by atoms with Gasteiger partial charge >= 0.3 is 6.01 Å². The molecule has 0 saturated carbocycles. The van der Waals surface area contributed by atoms with Crippen molar-refractivity contribution >= 4 is 11.9 Å². The number of aryl methyl sites for hydroxylation is 1. The number of amides is 1. The van der Waals surface area contributed by atoms with Crippen LogP contribution in [0.1, 0.15) is 29.6 Å². The number of nitrogens with two attached hydrogens (primary N) is 1. The van der Waals surface area contributed by atoms with Crippen LogP contribution in [0.25, 0.3) is 0 Å². The number of nitrogens with zero attached hydrogens (tertiary/aromatic N) is 5. The fourth-order valence-electron chi connectivity index (χ4n) is 2.70. The number of rotatable bonds is 8. The third-order valence-electron chi connectivity index (χ3n) is 4.18. The highest BCUT2D eigenvalue weighted by atomic mass is 16.5. The highest BCUT2D eigenvalue weighted by molar-refractivity contribution is 5.77. The molecule has 1 amide bonds. The predicted molar refractivity (Wildman–Crippen MR) is 103 cm³/mol. The lowest BCUT2D eigenvalue weighted by Crippen LogP contribution is -2.34. The standard InChI is InChI=1S/C20H20N6O3/c1-2-15-5-3-4-6-17(15)28-13-19(27)26(12-18-24-25-20(22)29-18)11-14-7-8-16(9-21)23-10-14/h3-8,10H,2,11-13H2,1H3,(H2,22,25). The summed E-state index contributed by atoms with van der Waals surface area (Å²) in [6.07, 6.45) is 2.35. The lowest BCUT2D eigenvalue weighted by atomic mass is 10.1. The summed E-state index contributed by atoms with van der Waals surface area (Å²) in [4.78, 5) is 18.4. The van der Waals surface area contributed by atoms with Gasteiger partial charge in [-0.25, -0.2) is 4.98 Å². The molecule has 0 aliphatic carbocycles. The third kappa shape index (κ3) is 5.29. The molecule has 9 heteroatoms. The van der Waals surface area contributed by atoms with E-state index in [0.717, 1.165) is 17.5 Å². The van der Waals surface area contributed by atoms with E-state index >= 15 is 0 Å². The molecule has 3 aromatic rings. The largest absolute Gasteiger partial charge is 0.483 e. The first-order valence-corrected chi connectivity index (χ1v) is 9.00. The quantitative estimate of drug-likeness (QED) is 0.616. The third-order valence-corrected chi connectivity index (χ3v) is 4.18. The summed E-state index contributed by atoms with van der Waals surface area (Å²) in [6, 6.07) is 12.8. The van der Waals surface area contributed by atoms with Gasteiger partial charge in [0.15, 0.2) is 6.61 Å². The van der Waals surface area contributed by atoms with Crippen LogP contribution in [0.4, 0.5) is 6.01 Å². The van der Waals surface area contributed by atoms with Gasteiger partial charge in [0.1, 0.15) is 17.5 Å². The van der Waals surface area contributed by atoms with Crippen molar-refractivity contribution in [1.82, 2.24) is 20.1 Å². The fraction of sp³-hybridized carbons (Fsp3) is 0.250. The zero-order valence-electron chi connectivity index (χ0n) is 15.9. The van der Waals surface area contributed by atoms with Crippen molar-refractivity contribution < 1.29 is 13.9 Å². The minimum Gasteiger partial charge on any atom is -0.483 e. The molecule has 0 aliphatic rings. The second kappa shape index (κ2) is 9.32. The topological polar surface area (TPSA) is 131 Å². The Morgan fingerprint density at radius 3 is 2.72 bits per heavy atom. The maximum atomic E-state index is 12.9. The minimum absolute atomic E-state index is 0.0689. The van der Waals surface area contributed by atoms with E-state index in [1.54, 1.807) is 18.3 Å². The highest BCUT2D eigenvalue weighted by Gasteiger charge is 2.19. The summed E-state index contributed by atoms with van der Waals surface area (Å²) < 4.78 is 10.9. The van der Waals surface area contributed by atoms with Gasteiger partial charge in [0.2, 0.25) is 5.89 Å². The number of ether oxygens (including phenoxy) is 1. The molecule has 0 spiro atoms. The number of aromatic nitrogens is 3. The molecule has 1 aromatic carbocycles. The maximum Gasteiger partial charge on any atom is 0.312 e. The van der Waals surface area contributed by atoms with E-state index in [9.17, 15) is 4.79 Å². The van der Waals surface area contributed by atoms with Crippen molar-refractivity contribution in [3.63, 3.8) is 0 Å². The first kappa shape index (κ1) is 19.8. The van der Waals surface area contributed by atoms with Crippen LogP contribution in [0, 0.1) is 11.3 Å². The number of benzene rings is 1. The molecular weight excluding hydrogens is 372 g/mol. The van der Waals surface area contributed by atoms with E-state index in [2.05, 4.69) is 15.2 Å². The van der Waals surface area contributed by atoms with Gasteiger partial charge in [-0.2, -0.15) is 5.26 Å². The van der Waals surface area contributed by atoms with E-state index < -0.39 is 0 Å². The number of hydrogen-bond donors (Lipinski definition) is 1. The molecule has 0 bridgehead atoms. The van der Waals surface area contributed by atoms with E-state index in [1.165, 1.54) is 4.90 Å². The fourth-order valence-corrected chi connectivity index (χ4v) is 2.70. The molecule has 0 saturated heterocycles. The second-order valence-electron chi connectivity index (χ2n) is 6.20. The molecule has 29 heavy (non-hydrogen) atoms. The van der Waals surface area contributed by atoms with Gasteiger partial charge in [-0.1, -0.05) is 36.3 Å². The number of anilines is 1. The first-order valence-electron chi connectivity index (χ1n) is 9.00. The van der Waals surface area contributed by atoms with Crippen LogP contribution < -0.4 is 10.5 Å². The molecular formula is C20H20N6O3. The highest BCUT2D eigenvalue weighted by Crippen LogP contribution is 2.19. The van der Waals surface area contributed by atoms with E-state index in [1.807, 2.05) is 37.3 Å². The zero-order valence-corrected chi connectivity index (χ0v) is 15.9. The number of hydrogen-bond acceptors (Lipinski definition) is 8. The van der Waals surface area contributed by atoms with Crippen LogP contribution in [0.5, 0.6) is 5.75 Å². The van der Waals surface area contributed by atoms with E-state index in [4.69, 9.17) is 20.1 Å². The molecule has 0 atom stereocenters. The first-order chi connectivity index (χ1) is 14.1. The summed E-state index contributed by atoms with van der Waals surface area (Å²) in [5.41, 5.74) is 7.54. The van der Waals surface area contributed by atoms with Crippen molar-refractivity contribution in [3.05, 3.63) is 65.3 Å². The summed E-state index contributed by atoms with van der Waals surface area (Å²) in [6.45, 7) is 2.18. The molecule has 3 rings (SSSR count). The van der Waals surface area contributed by atoms with Crippen LogP contribution in [0.2, 0.25) is 0 Å². The number of carbonyl (C=O) groups is 1. The minimum atomic E-state index is -0.267. The van der Waals surface area contributed by atoms with Gasteiger partial charge in [0.25, 0.3) is 5.91 Å². The van der Waals surface area contributed by atoms with Gasteiger partial charge in [0, 0.05) is 12.7 Å². The average Bonchev–Trinajstić information content (AvgIpc) is 3.16. The molecule has 2 heterocycles. The summed E-state index contributed by atoms with van der Waals surface area (Å²) in [7, 11) is 0. The molecule has 0 aliphatic heterocycles. The number of para-hydroxylation sites is 1. The maximum absolute atomic E-state index is 12.9. The molecule has 148 valence electrons. The summed E-state index contributed by atoms with van der Waals surface area (Å²) in [5, 5.41) is 16.3. The lowest BCUT2D eigenvalue weighted by molar-refractivity contribution is -0.135. The van der Waals surface area contributed by atoms with E-state index in [-0.39, 0.29) is 37.5 Å². The molecule has 9 nitrogen and oxygen atoms in total. The van der Waals surface area contributed by atoms with Gasteiger partial charge in [0.05, 0.1) is 6.54 Å². The van der Waals surface area contributed by atoms with Crippen LogP contribution in [0.3, 0.4) is 0 Å². The Morgan fingerprint density at radius 1 is 1.24 bits per heavy atom. The Morgan fingerprint density at radius 2 is 2.07 bits per heavy atom. The van der Waals surface area contributed by atoms with Crippen molar-refractivity contribution in [2.75, 3.05) is 12.3 Å². The Labute approximate surface area is 167 Å². The monoisotopic (exact) mass is 392 g/mol. The number of nitrogen functional groups attached to an aromatic ring is 1. The van der Waals surface area contributed by atoms with Crippen LogP contribution >= 0.6 is 0 Å². The average molecular weight is 392 g/mol.